The van der Waals surface area contributed by atoms with Gasteiger partial charge in [-0.2, -0.15) is 0 Å². The van der Waals surface area contributed by atoms with Crippen molar-refractivity contribution in [3.8, 4) is 17.4 Å². The maximum Gasteiger partial charge on any atom is 0.573 e. The molecule has 1 fully saturated rings. The smallest absolute Gasteiger partial charge is 0.496 e. The van der Waals surface area contributed by atoms with Crippen molar-refractivity contribution in [1.29, 1.82) is 0 Å². The SMILES string of the molecule is COc1cc(C2CCN(C)CC2)cc2cn(Cc3ccc(OC(F)(F)F)cc3)c(O)c12. The van der Waals surface area contributed by atoms with E-state index in [-0.39, 0.29) is 11.6 Å². The zero-order chi connectivity index (χ0) is 22.2. The Morgan fingerprint density at radius 3 is 2.39 bits per heavy atom. The first-order valence-electron chi connectivity index (χ1n) is 10.2. The Labute approximate surface area is 178 Å². The van der Waals surface area contributed by atoms with E-state index in [2.05, 4.69) is 22.8 Å². The van der Waals surface area contributed by atoms with Crippen LogP contribution in [-0.2, 0) is 6.54 Å². The number of hydrogen-bond donors (Lipinski definition) is 1. The number of nitrogens with zero attached hydrogens (tertiary/aromatic N) is 2. The van der Waals surface area contributed by atoms with E-state index >= 15 is 0 Å². The lowest BCUT2D eigenvalue weighted by Gasteiger charge is -2.29. The fourth-order valence-electron chi connectivity index (χ4n) is 4.23. The van der Waals surface area contributed by atoms with Gasteiger partial charge in [-0.3, -0.25) is 0 Å². The van der Waals surface area contributed by atoms with Crippen LogP contribution in [0.1, 0.15) is 29.9 Å². The highest BCUT2D eigenvalue weighted by Gasteiger charge is 2.31. The van der Waals surface area contributed by atoms with Crippen molar-refractivity contribution in [3.63, 3.8) is 0 Å². The Morgan fingerprint density at radius 1 is 1.10 bits per heavy atom. The number of methoxy groups -OCH3 is 1. The van der Waals surface area contributed by atoms with Crippen molar-refractivity contribution in [1.82, 2.24) is 9.47 Å². The monoisotopic (exact) mass is 434 g/mol. The van der Waals surface area contributed by atoms with E-state index in [4.69, 9.17) is 4.74 Å². The van der Waals surface area contributed by atoms with E-state index in [1.54, 1.807) is 23.8 Å². The van der Waals surface area contributed by atoms with Gasteiger partial charge < -0.3 is 24.0 Å². The Morgan fingerprint density at radius 2 is 1.77 bits per heavy atom. The van der Waals surface area contributed by atoms with Gasteiger partial charge in [0.05, 0.1) is 19.0 Å². The van der Waals surface area contributed by atoms with Gasteiger partial charge in [0.15, 0.2) is 0 Å². The summed E-state index contributed by atoms with van der Waals surface area (Å²) in [4.78, 5) is 2.32. The number of rotatable bonds is 5. The summed E-state index contributed by atoms with van der Waals surface area (Å²) in [7, 11) is 3.71. The number of benzene rings is 2. The van der Waals surface area contributed by atoms with Gasteiger partial charge in [0, 0.05) is 11.6 Å². The first-order valence-corrected chi connectivity index (χ1v) is 10.2. The molecule has 5 nitrogen and oxygen atoms in total. The highest BCUT2D eigenvalue weighted by molar-refractivity contribution is 5.94. The topological polar surface area (TPSA) is 46.9 Å². The van der Waals surface area contributed by atoms with E-state index in [0.717, 1.165) is 36.9 Å². The van der Waals surface area contributed by atoms with E-state index in [9.17, 15) is 18.3 Å². The summed E-state index contributed by atoms with van der Waals surface area (Å²) in [6, 6.07) is 9.73. The predicted molar refractivity (Wildman–Crippen MR) is 112 cm³/mol. The number of alkyl halides is 3. The largest absolute Gasteiger partial charge is 0.573 e. The Bertz CT molecular complexity index is 1050. The van der Waals surface area contributed by atoms with E-state index in [0.29, 0.717) is 23.6 Å². The molecule has 4 rings (SSSR count). The van der Waals surface area contributed by atoms with Gasteiger partial charge in [0.1, 0.15) is 11.5 Å². The third kappa shape index (κ3) is 4.74. The summed E-state index contributed by atoms with van der Waals surface area (Å²) in [5.41, 5.74) is 1.93. The maximum absolute atomic E-state index is 12.3. The molecule has 2 heterocycles. The molecule has 1 aliphatic heterocycles. The lowest BCUT2D eigenvalue weighted by molar-refractivity contribution is -0.274. The summed E-state index contributed by atoms with van der Waals surface area (Å²) in [5.74, 6) is 0.859. The van der Waals surface area contributed by atoms with E-state index in [1.807, 2.05) is 12.3 Å². The number of aromatic nitrogens is 1. The number of piperidine rings is 1. The minimum absolute atomic E-state index is 0.0670. The normalized spacial score (nSPS) is 16.0. The van der Waals surface area contributed by atoms with E-state index in [1.165, 1.54) is 17.7 Å². The summed E-state index contributed by atoms with van der Waals surface area (Å²) in [6.45, 7) is 2.40. The van der Waals surface area contributed by atoms with Gasteiger partial charge in [-0.05, 0) is 74.3 Å². The van der Waals surface area contributed by atoms with Crippen LogP contribution < -0.4 is 9.47 Å². The van der Waals surface area contributed by atoms with Gasteiger partial charge in [0.25, 0.3) is 0 Å². The molecular formula is C23H25F3N2O3. The van der Waals surface area contributed by atoms with Crippen molar-refractivity contribution in [2.45, 2.75) is 31.7 Å². The zero-order valence-corrected chi connectivity index (χ0v) is 17.4. The lowest BCUT2D eigenvalue weighted by atomic mass is 9.88. The van der Waals surface area contributed by atoms with E-state index < -0.39 is 6.36 Å². The summed E-state index contributed by atoms with van der Waals surface area (Å²) < 4.78 is 48.2. The Balaban J connectivity index is 1.61. The summed E-state index contributed by atoms with van der Waals surface area (Å²) in [5, 5.41) is 12.3. The molecule has 3 aromatic rings. The Kier molecular flexibility index (Phi) is 5.75. The molecule has 166 valence electrons. The first kappa shape index (κ1) is 21.4. The van der Waals surface area contributed by atoms with Crippen molar-refractivity contribution >= 4 is 10.8 Å². The van der Waals surface area contributed by atoms with Crippen LogP contribution in [0.4, 0.5) is 13.2 Å². The molecule has 0 radical (unpaired) electrons. The molecule has 0 atom stereocenters. The molecule has 1 aliphatic rings. The molecule has 0 unspecified atom stereocenters. The number of ether oxygens (including phenoxy) is 2. The number of aromatic hydroxyl groups is 1. The van der Waals surface area contributed by atoms with Gasteiger partial charge in [-0.25, -0.2) is 0 Å². The number of halogens is 3. The molecule has 1 aromatic heterocycles. The van der Waals surface area contributed by atoms with Crippen LogP contribution in [0.3, 0.4) is 0 Å². The maximum atomic E-state index is 12.3. The molecule has 0 bridgehead atoms. The molecule has 1 N–H and O–H groups in total. The van der Waals surface area contributed by atoms with Crippen molar-refractivity contribution in [3.05, 3.63) is 53.7 Å². The fourth-order valence-corrected chi connectivity index (χ4v) is 4.23. The van der Waals surface area contributed by atoms with Crippen molar-refractivity contribution in [2.24, 2.45) is 0 Å². The highest BCUT2D eigenvalue weighted by Crippen LogP contribution is 2.40. The van der Waals surface area contributed by atoms with Crippen LogP contribution in [0.25, 0.3) is 10.8 Å². The second kappa shape index (κ2) is 8.34. The highest BCUT2D eigenvalue weighted by atomic mass is 19.4. The zero-order valence-electron chi connectivity index (χ0n) is 17.4. The van der Waals surface area contributed by atoms with Gasteiger partial charge in [-0.1, -0.05) is 12.1 Å². The van der Waals surface area contributed by atoms with Crippen LogP contribution in [0.15, 0.2) is 42.6 Å². The van der Waals surface area contributed by atoms with Crippen LogP contribution in [0.5, 0.6) is 17.4 Å². The van der Waals surface area contributed by atoms with Crippen molar-refractivity contribution < 1.29 is 27.8 Å². The fraction of sp³-hybridized carbons (Fsp3) is 0.391. The predicted octanol–water partition coefficient (Wildman–Crippen LogP) is 5.11. The molecule has 1 saturated heterocycles. The summed E-state index contributed by atoms with van der Waals surface area (Å²) in [6.07, 6.45) is -0.722. The Hall–Kier alpha value is -2.87. The van der Waals surface area contributed by atoms with Crippen LogP contribution in [0, 0.1) is 0 Å². The molecular weight excluding hydrogens is 409 g/mol. The molecule has 0 aliphatic carbocycles. The van der Waals surface area contributed by atoms with Crippen LogP contribution in [-0.4, -0.2) is 48.2 Å². The van der Waals surface area contributed by atoms with Gasteiger partial charge in [0.2, 0.25) is 5.88 Å². The number of likely N-dealkylation sites (tertiary alicyclic amines) is 1. The number of hydrogen-bond acceptors (Lipinski definition) is 4. The van der Waals surface area contributed by atoms with Gasteiger partial charge in [-0.15, -0.1) is 13.2 Å². The average molecular weight is 434 g/mol. The quantitative estimate of drug-likeness (QED) is 0.606. The third-order valence-corrected chi connectivity index (χ3v) is 5.87. The third-order valence-electron chi connectivity index (χ3n) is 5.87. The average Bonchev–Trinajstić information content (AvgIpc) is 3.03. The molecule has 2 aromatic carbocycles. The van der Waals surface area contributed by atoms with Crippen LogP contribution in [0.2, 0.25) is 0 Å². The minimum atomic E-state index is -4.72. The standard InChI is InChI=1S/C23H25F3N2O3/c1-27-9-7-16(8-10-27)17-11-18-14-28(22(29)21(18)20(12-17)30-2)13-15-3-5-19(6-4-15)31-23(24,25)26/h3-6,11-12,14,16,29H,7-10,13H2,1-2H3. The second-order valence-electron chi connectivity index (χ2n) is 8.04. The second-order valence-corrected chi connectivity index (χ2v) is 8.04. The molecule has 31 heavy (non-hydrogen) atoms. The summed E-state index contributed by atoms with van der Waals surface area (Å²) >= 11 is 0. The molecule has 0 saturated carbocycles. The molecule has 8 heteroatoms. The molecule has 0 spiro atoms. The molecule has 0 amide bonds. The lowest BCUT2D eigenvalue weighted by Crippen LogP contribution is -2.29. The van der Waals surface area contributed by atoms with Crippen LogP contribution >= 0.6 is 0 Å². The number of fused-ring (bicyclic) bond motifs is 1. The van der Waals surface area contributed by atoms with Gasteiger partial charge >= 0.3 is 6.36 Å². The first-order chi connectivity index (χ1) is 14.7. The minimum Gasteiger partial charge on any atom is -0.496 e. The van der Waals surface area contributed by atoms with Crippen molar-refractivity contribution in [2.75, 3.05) is 27.2 Å².